The van der Waals surface area contributed by atoms with Gasteiger partial charge in [-0.2, -0.15) is 0 Å². The van der Waals surface area contributed by atoms with Gasteiger partial charge in [0, 0.05) is 12.0 Å². The Bertz CT molecular complexity index is 756. The van der Waals surface area contributed by atoms with E-state index >= 15 is 0 Å². The van der Waals surface area contributed by atoms with Gasteiger partial charge in [-0.3, -0.25) is 14.4 Å². The van der Waals surface area contributed by atoms with Gasteiger partial charge in [-0.1, -0.05) is 30.3 Å². The molecule has 0 unspecified atom stereocenters. The highest BCUT2D eigenvalue weighted by molar-refractivity contribution is 5.98. The van der Waals surface area contributed by atoms with E-state index in [4.69, 9.17) is 9.84 Å². The van der Waals surface area contributed by atoms with Crippen molar-refractivity contribution in [1.29, 1.82) is 0 Å². The maximum atomic E-state index is 12.4. The number of amides is 1. The number of hydrogen-bond acceptors (Lipinski definition) is 4. The highest BCUT2D eigenvalue weighted by atomic mass is 16.5. The Hall–Kier alpha value is -3.15. The van der Waals surface area contributed by atoms with Crippen molar-refractivity contribution in [2.75, 3.05) is 7.11 Å². The average Bonchev–Trinajstić information content (AvgIpc) is 2.66. The highest BCUT2D eigenvalue weighted by Gasteiger charge is 2.22. The normalized spacial score (nSPS) is 11.4. The van der Waals surface area contributed by atoms with Crippen molar-refractivity contribution in [1.82, 2.24) is 5.32 Å². The SMILES string of the molecule is COc1ccc(C[C@H](NC(=O)c2ccccc2)C(=O)CCC(=O)O)cc1. The zero-order valence-corrected chi connectivity index (χ0v) is 14.5. The molecule has 2 rings (SSSR count). The molecule has 1 atom stereocenters. The molecule has 0 radical (unpaired) electrons. The molecule has 0 saturated heterocycles. The number of hydrogen-bond donors (Lipinski definition) is 2. The Morgan fingerprint density at radius 2 is 1.65 bits per heavy atom. The van der Waals surface area contributed by atoms with Crippen LogP contribution < -0.4 is 10.1 Å². The van der Waals surface area contributed by atoms with E-state index in [1.54, 1.807) is 49.6 Å². The lowest BCUT2D eigenvalue weighted by molar-refractivity contribution is -0.138. The smallest absolute Gasteiger partial charge is 0.303 e. The number of nitrogens with one attached hydrogen (secondary N) is 1. The summed E-state index contributed by atoms with van der Waals surface area (Å²) in [7, 11) is 1.56. The van der Waals surface area contributed by atoms with E-state index in [9.17, 15) is 14.4 Å². The first-order chi connectivity index (χ1) is 12.5. The molecule has 0 fully saturated rings. The highest BCUT2D eigenvalue weighted by Crippen LogP contribution is 2.14. The molecule has 0 spiro atoms. The third-order valence-corrected chi connectivity index (χ3v) is 3.91. The summed E-state index contributed by atoms with van der Waals surface area (Å²) in [5.41, 5.74) is 1.28. The second-order valence-electron chi connectivity index (χ2n) is 5.80. The van der Waals surface area contributed by atoms with Gasteiger partial charge in [-0.25, -0.2) is 0 Å². The lowest BCUT2D eigenvalue weighted by Gasteiger charge is -2.18. The fourth-order valence-electron chi connectivity index (χ4n) is 2.48. The Kier molecular flexibility index (Phi) is 6.91. The molecule has 2 aromatic carbocycles. The molecule has 1 amide bonds. The lowest BCUT2D eigenvalue weighted by atomic mass is 9.99. The molecular formula is C20H21NO5. The summed E-state index contributed by atoms with van der Waals surface area (Å²) in [6, 6.07) is 14.9. The largest absolute Gasteiger partial charge is 0.497 e. The van der Waals surface area contributed by atoms with Crippen LogP contribution in [0.4, 0.5) is 0 Å². The van der Waals surface area contributed by atoms with E-state index in [-0.39, 0.29) is 31.0 Å². The number of carboxylic acid groups (broad SMARTS) is 1. The van der Waals surface area contributed by atoms with E-state index in [2.05, 4.69) is 5.32 Å². The lowest BCUT2D eigenvalue weighted by Crippen LogP contribution is -2.42. The molecule has 2 N–H and O–H groups in total. The molecule has 0 aliphatic heterocycles. The van der Waals surface area contributed by atoms with Crippen molar-refractivity contribution < 1.29 is 24.2 Å². The number of carbonyl (C=O) groups is 3. The number of methoxy groups -OCH3 is 1. The zero-order valence-electron chi connectivity index (χ0n) is 14.5. The van der Waals surface area contributed by atoms with Crippen molar-refractivity contribution in [2.45, 2.75) is 25.3 Å². The zero-order chi connectivity index (χ0) is 18.9. The molecule has 0 aliphatic carbocycles. The molecule has 0 saturated carbocycles. The van der Waals surface area contributed by atoms with E-state index in [0.717, 1.165) is 5.56 Å². The predicted molar refractivity (Wildman–Crippen MR) is 96.3 cm³/mol. The van der Waals surface area contributed by atoms with Crippen LogP contribution in [0.15, 0.2) is 54.6 Å². The number of aliphatic carboxylic acids is 1. The topological polar surface area (TPSA) is 92.7 Å². The van der Waals surface area contributed by atoms with Gasteiger partial charge in [0.1, 0.15) is 5.75 Å². The summed E-state index contributed by atoms with van der Waals surface area (Å²) >= 11 is 0. The third kappa shape index (κ3) is 5.73. The second kappa shape index (κ2) is 9.36. The number of carboxylic acids is 1. The van der Waals surface area contributed by atoms with Crippen molar-refractivity contribution in [3.63, 3.8) is 0 Å². The maximum absolute atomic E-state index is 12.4. The second-order valence-corrected chi connectivity index (χ2v) is 5.80. The number of carbonyl (C=O) groups excluding carboxylic acids is 2. The minimum absolute atomic E-state index is 0.134. The maximum Gasteiger partial charge on any atom is 0.303 e. The molecule has 0 heterocycles. The van der Waals surface area contributed by atoms with Gasteiger partial charge < -0.3 is 15.2 Å². The predicted octanol–water partition coefficient (Wildman–Crippen LogP) is 2.47. The van der Waals surface area contributed by atoms with Crippen molar-refractivity contribution >= 4 is 17.7 Å². The van der Waals surface area contributed by atoms with Crippen LogP contribution in [0.2, 0.25) is 0 Å². The van der Waals surface area contributed by atoms with Crippen LogP contribution in [0.5, 0.6) is 5.75 Å². The summed E-state index contributed by atoms with van der Waals surface area (Å²) in [4.78, 5) is 35.6. The van der Waals surface area contributed by atoms with Crippen LogP contribution >= 0.6 is 0 Å². The number of ketones is 1. The first kappa shape index (κ1) is 19.2. The monoisotopic (exact) mass is 355 g/mol. The minimum atomic E-state index is -1.05. The summed E-state index contributed by atoms with van der Waals surface area (Å²) in [5.74, 6) is -1.04. The Labute approximate surface area is 151 Å². The molecule has 2 aromatic rings. The summed E-state index contributed by atoms with van der Waals surface area (Å²) < 4.78 is 5.11. The molecule has 6 nitrogen and oxygen atoms in total. The third-order valence-electron chi connectivity index (χ3n) is 3.91. The number of Topliss-reactive ketones (excluding diaryl/α,β-unsaturated/α-hetero) is 1. The fraction of sp³-hybridized carbons (Fsp3) is 0.250. The van der Waals surface area contributed by atoms with Crippen LogP contribution in [0.3, 0.4) is 0 Å². The fourth-order valence-corrected chi connectivity index (χ4v) is 2.48. The molecule has 6 heteroatoms. The van der Waals surface area contributed by atoms with Crippen LogP contribution in [0.25, 0.3) is 0 Å². The first-order valence-corrected chi connectivity index (χ1v) is 8.23. The van der Waals surface area contributed by atoms with E-state index in [0.29, 0.717) is 11.3 Å². The Morgan fingerprint density at radius 3 is 2.23 bits per heavy atom. The number of rotatable bonds is 9. The van der Waals surface area contributed by atoms with Gasteiger partial charge in [0.2, 0.25) is 0 Å². The van der Waals surface area contributed by atoms with Crippen LogP contribution in [0, 0.1) is 0 Å². The van der Waals surface area contributed by atoms with Crippen molar-refractivity contribution in [3.8, 4) is 5.75 Å². The minimum Gasteiger partial charge on any atom is -0.497 e. The summed E-state index contributed by atoms with van der Waals surface area (Å²) in [6.07, 6.45) is -0.120. The molecule has 0 aliphatic rings. The standard InChI is InChI=1S/C20H21NO5/c1-26-16-9-7-14(8-10-16)13-17(18(22)11-12-19(23)24)21-20(25)15-5-3-2-4-6-15/h2-10,17H,11-13H2,1H3,(H,21,25)(H,23,24)/t17-/m0/s1. The van der Waals surface area contributed by atoms with E-state index in [1.807, 2.05) is 12.1 Å². The van der Waals surface area contributed by atoms with Crippen molar-refractivity contribution in [3.05, 3.63) is 65.7 Å². The quantitative estimate of drug-likeness (QED) is 0.721. The molecular weight excluding hydrogens is 334 g/mol. The number of benzene rings is 2. The molecule has 0 bridgehead atoms. The number of ether oxygens (including phenoxy) is 1. The van der Waals surface area contributed by atoms with E-state index in [1.165, 1.54) is 0 Å². The van der Waals surface area contributed by atoms with Gasteiger partial charge >= 0.3 is 5.97 Å². The van der Waals surface area contributed by atoms with Crippen molar-refractivity contribution in [2.24, 2.45) is 0 Å². The summed E-state index contributed by atoms with van der Waals surface area (Å²) in [6.45, 7) is 0. The van der Waals surface area contributed by atoms with Gasteiger partial charge in [-0.15, -0.1) is 0 Å². The Balaban J connectivity index is 2.13. The average molecular weight is 355 g/mol. The van der Waals surface area contributed by atoms with Gasteiger partial charge in [0.15, 0.2) is 5.78 Å². The van der Waals surface area contributed by atoms with Crippen LogP contribution in [-0.2, 0) is 16.0 Å². The van der Waals surface area contributed by atoms with Crippen LogP contribution in [-0.4, -0.2) is 35.9 Å². The van der Waals surface area contributed by atoms with E-state index < -0.39 is 12.0 Å². The molecule has 0 aromatic heterocycles. The van der Waals surface area contributed by atoms with Gasteiger partial charge in [0.05, 0.1) is 19.6 Å². The van der Waals surface area contributed by atoms with Crippen LogP contribution in [0.1, 0.15) is 28.8 Å². The molecule has 136 valence electrons. The van der Waals surface area contributed by atoms with Gasteiger partial charge in [-0.05, 0) is 36.2 Å². The summed E-state index contributed by atoms with van der Waals surface area (Å²) in [5, 5.41) is 11.5. The van der Waals surface area contributed by atoms with Gasteiger partial charge in [0.25, 0.3) is 5.91 Å². The first-order valence-electron chi connectivity index (χ1n) is 8.23. The Morgan fingerprint density at radius 1 is 1.00 bits per heavy atom. The molecule has 26 heavy (non-hydrogen) atoms.